The Hall–Kier alpha value is -0.930. The van der Waals surface area contributed by atoms with Gasteiger partial charge in [0.1, 0.15) is 12.3 Å². The summed E-state index contributed by atoms with van der Waals surface area (Å²) in [6, 6.07) is 3.20. The molecule has 4 heteroatoms. The van der Waals surface area contributed by atoms with Crippen LogP contribution >= 0.6 is 11.6 Å². The topological polar surface area (TPSA) is 39.2 Å². The zero-order chi connectivity index (χ0) is 8.97. The van der Waals surface area contributed by atoms with Crippen LogP contribution in [-0.4, -0.2) is 24.5 Å². The van der Waals surface area contributed by atoms with Crippen molar-refractivity contribution in [1.29, 1.82) is 0 Å². The van der Waals surface area contributed by atoms with E-state index in [0.717, 1.165) is 0 Å². The molecule has 0 spiro atoms. The maximum atomic E-state index is 11.1. The molecule has 0 saturated carbocycles. The van der Waals surface area contributed by atoms with Crippen molar-refractivity contribution in [2.45, 2.75) is 0 Å². The number of pyridine rings is 1. The third kappa shape index (κ3) is 2.29. The van der Waals surface area contributed by atoms with E-state index in [1.165, 1.54) is 13.3 Å². The van der Waals surface area contributed by atoms with Gasteiger partial charge in [0, 0.05) is 13.3 Å². The van der Waals surface area contributed by atoms with Gasteiger partial charge in [0.2, 0.25) is 5.78 Å². The number of hydrogen-bond donors (Lipinski definition) is 0. The Morgan fingerprint density at radius 3 is 2.92 bits per heavy atom. The molecule has 0 radical (unpaired) electrons. The van der Waals surface area contributed by atoms with Crippen molar-refractivity contribution >= 4 is 17.4 Å². The van der Waals surface area contributed by atoms with E-state index in [4.69, 9.17) is 11.6 Å². The number of halogens is 1. The lowest BCUT2D eigenvalue weighted by Crippen LogP contribution is -2.08. The molecule has 1 rings (SSSR count). The number of carbonyl (C=O) groups excluding carboxylic acids is 1. The van der Waals surface area contributed by atoms with Gasteiger partial charge in [-0.15, -0.1) is 0 Å². The molecule has 0 bridgehead atoms. The normalized spacial score (nSPS) is 9.83. The van der Waals surface area contributed by atoms with E-state index in [2.05, 4.69) is 9.72 Å². The molecule has 0 aliphatic carbocycles. The van der Waals surface area contributed by atoms with Gasteiger partial charge in [0.25, 0.3) is 0 Å². The Kier molecular flexibility index (Phi) is 3.19. The molecular formula is C8H8ClNO2. The molecule has 0 fully saturated rings. The van der Waals surface area contributed by atoms with E-state index >= 15 is 0 Å². The molecule has 0 saturated heterocycles. The highest BCUT2D eigenvalue weighted by atomic mass is 35.5. The van der Waals surface area contributed by atoms with E-state index in [1.807, 2.05) is 0 Å². The minimum absolute atomic E-state index is 0.0502. The van der Waals surface area contributed by atoms with Crippen LogP contribution in [-0.2, 0) is 4.74 Å². The highest BCUT2D eigenvalue weighted by Gasteiger charge is 2.05. The molecule has 1 aromatic heterocycles. The third-order valence-corrected chi connectivity index (χ3v) is 1.51. The van der Waals surface area contributed by atoms with Crippen LogP contribution in [0.25, 0.3) is 0 Å². The van der Waals surface area contributed by atoms with Gasteiger partial charge in [0.05, 0.1) is 5.02 Å². The lowest BCUT2D eigenvalue weighted by molar-refractivity contribution is 0.0843. The standard InChI is InChI=1S/C8H8ClNO2/c1-12-5-8(11)7-3-2-6(9)4-10-7/h2-4H,5H2,1H3. The highest BCUT2D eigenvalue weighted by molar-refractivity contribution is 6.30. The molecule has 12 heavy (non-hydrogen) atoms. The lowest BCUT2D eigenvalue weighted by Gasteiger charge is -1.97. The number of carbonyl (C=O) groups is 1. The summed E-state index contributed by atoms with van der Waals surface area (Å²) >= 11 is 5.59. The SMILES string of the molecule is COCC(=O)c1ccc(Cl)cn1. The number of ketones is 1. The van der Waals surface area contributed by atoms with Gasteiger partial charge in [-0.1, -0.05) is 11.6 Å². The Labute approximate surface area is 75.3 Å². The van der Waals surface area contributed by atoms with Gasteiger partial charge in [0.15, 0.2) is 0 Å². The zero-order valence-corrected chi connectivity index (χ0v) is 7.34. The van der Waals surface area contributed by atoms with Gasteiger partial charge >= 0.3 is 0 Å². The van der Waals surface area contributed by atoms with E-state index < -0.39 is 0 Å². The summed E-state index contributed by atoms with van der Waals surface area (Å²) in [5.74, 6) is -0.144. The minimum atomic E-state index is -0.144. The summed E-state index contributed by atoms with van der Waals surface area (Å²) in [7, 11) is 1.47. The Balaban J connectivity index is 2.75. The number of nitrogens with zero attached hydrogens (tertiary/aromatic N) is 1. The molecule has 1 aromatic rings. The highest BCUT2D eigenvalue weighted by Crippen LogP contribution is 2.06. The lowest BCUT2D eigenvalue weighted by atomic mass is 10.2. The van der Waals surface area contributed by atoms with Crippen LogP contribution in [0.15, 0.2) is 18.3 Å². The number of Topliss-reactive ketones (excluding diaryl/α,β-unsaturated/α-hetero) is 1. The zero-order valence-electron chi connectivity index (χ0n) is 6.58. The summed E-state index contributed by atoms with van der Waals surface area (Å²) in [4.78, 5) is 15.0. The van der Waals surface area contributed by atoms with Gasteiger partial charge in [-0.2, -0.15) is 0 Å². The first-order chi connectivity index (χ1) is 5.74. The molecule has 0 unspecified atom stereocenters. The molecule has 0 amide bonds. The Morgan fingerprint density at radius 1 is 1.67 bits per heavy atom. The van der Waals surface area contributed by atoms with Crippen molar-refractivity contribution in [3.63, 3.8) is 0 Å². The van der Waals surface area contributed by atoms with Crippen LogP contribution in [0.2, 0.25) is 5.02 Å². The molecule has 0 aliphatic rings. The maximum Gasteiger partial charge on any atom is 0.206 e. The van der Waals surface area contributed by atoms with Crippen molar-refractivity contribution in [2.24, 2.45) is 0 Å². The van der Waals surface area contributed by atoms with E-state index in [1.54, 1.807) is 12.1 Å². The van der Waals surface area contributed by atoms with E-state index in [0.29, 0.717) is 10.7 Å². The molecular weight excluding hydrogens is 178 g/mol. The summed E-state index contributed by atoms with van der Waals surface area (Å²) < 4.78 is 4.67. The van der Waals surface area contributed by atoms with Crippen LogP contribution in [0.5, 0.6) is 0 Å². The fourth-order valence-electron chi connectivity index (χ4n) is 0.746. The fourth-order valence-corrected chi connectivity index (χ4v) is 0.858. The van der Waals surface area contributed by atoms with Gasteiger partial charge in [-0.25, -0.2) is 0 Å². The van der Waals surface area contributed by atoms with Gasteiger partial charge < -0.3 is 4.74 Å². The average molecular weight is 186 g/mol. The average Bonchev–Trinajstić information content (AvgIpc) is 2.06. The summed E-state index contributed by atoms with van der Waals surface area (Å²) in [6.45, 7) is 0.0502. The first-order valence-corrected chi connectivity index (χ1v) is 3.75. The Morgan fingerprint density at radius 2 is 2.42 bits per heavy atom. The summed E-state index contributed by atoms with van der Waals surface area (Å²) in [5, 5.41) is 0.518. The van der Waals surface area contributed by atoms with Gasteiger partial charge in [-0.3, -0.25) is 9.78 Å². The molecule has 1 heterocycles. The maximum absolute atomic E-state index is 11.1. The monoisotopic (exact) mass is 185 g/mol. The predicted octanol–water partition coefficient (Wildman–Crippen LogP) is 1.56. The second-order valence-corrected chi connectivity index (χ2v) is 2.65. The summed E-state index contributed by atoms with van der Waals surface area (Å²) in [5.41, 5.74) is 0.376. The largest absolute Gasteiger partial charge is 0.376 e. The quantitative estimate of drug-likeness (QED) is 0.671. The molecule has 3 nitrogen and oxygen atoms in total. The minimum Gasteiger partial charge on any atom is -0.376 e. The van der Waals surface area contributed by atoms with Crippen molar-refractivity contribution < 1.29 is 9.53 Å². The van der Waals surface area contributed by atoms with E-state index in [-0.39, 0.29) is 12.4 Å². The van der Waals surface area contributed by atoms with Gasteiger partial charge in [-0.05, 0) is 12.1 Å². The number of hydrogen-bond acceptors (Lipinski definition) is 3. The Bertz CT molecular complexity index is 271. The number of rotatable bonds is 3. The molecule has 0 aromatic carbocycles. The number of methoxy groups -OCH3 is 1. The van der Waals surface area contributed by atoms with Crippen molar-refractivity contribution in [3.05, 3.63) is 29.0 Å². The van der Waals surface area contributed by atoms with E-state index in [9.17, 15) is 4.79 Å². The first-order valence-electron chi connectivity index (χ1n) is 3.37. The van der Waals surface area contributed by atoms with Crippen LogP contribution in [0.4, 0.5) is 0 Å². The number of ether oxygens (including phenoxy) is 1. The van der Waals surface area contributed by atoms with Crippen molar-refractivity contribution in [3.8, 4) is 0 Å². The third-order valence-electron chi connectivity index (χ3n) is 1.29. The molecule has 0 atom stereocenters. The van der Waals surface area contributed by atoms with Crippen LogP contribution < -0.4 is 0 Å². The molecule has 0 N–H and O–H groups in total. The smallest absolute Gasteiger partial charge is 0.206 e. The second-order valence-electron chi connectivity index (χ2n) is 2.22. The molecule has 0 aliphatic heterocycles. The van der Waals surface area contributed by atoms with Crippen LogP contribution in [0, 0.1) is 0 Å². The van der Waals surface area contributed by atoms with Crippen molar-refractivity contribution in [2.75, 3.05) is 13.7 Å². The predicted molar refractivity (Wildman–Crippen MR) is 45.5 cm³/mol. The van der Waals surface area contributed by atoms with Crippen molar-refractivity contribution in [1.82, 2.24) is 4.98 Å². The van der Waals surface area contributed by atoms with Crippen LogP contribution in [0.3, 0.4) is 0 Å². The summed E-state index contributed by atoms with van der Waals surface area (Å²) in [6.07, 6.45) is 1.43. The first kappa shape index (κ1) is 9.16. The second kappa shape index (κ2) is 4.18. The number of aromatic nitrogens is 1. The van der Waals surface area contributed by atoms with Crippen LogP contribution in [0.1, 0.15) is 10.5 Å². The fraction of sp³-hybridized carbons (Fsp3) is 0.250. The molecule has 64 valence electrons.